The van der Waals surface area contributed by atoms with Crippen molar-refractivity contribution in [1.29, 1.82) is 0 Å². The van der Waals surface area contributed by atoms with Gasteiger partial charge in [-0.3, -0.25) is 14.4 Å². The first kappa shape index (κ1) is 25.8. The average molecular weight is 498 g/mol. The largest absolute Gasteiger partial charge is 0.507 e. The number of fused-ring (bicyclic) bond motifs is 2. The summed E-state index contributed by atoms with van der Waals surface area (Å²) in [6, 6.07) is 6.01. The van der Waals surface area contributed by atoms with Gasteiger partial charge in [-0.1, -0.05) is 12.1 Å². The standard InChI is InChI=1S/C27H31NO8/c1-13-18(28(3)4)9-10-19(36-13)15-7-8-17-22(24(15)32)26(34)16-6-5-14(23(31)21(16)25(17)33)11-27(2,35)12-20(29)30/h5-8,13,18-19,31-32,35H,9-12H2,1-4H3,(H,29,30)/t13-,18-,19+,27+/m0/s1. The van der Waals surface area contributed by atoms with E-state index in [0.29, 0.717) is 12.0 Å². The van der Waals surface area contributed by atoms with Gasteiger partial charge in [-0.2, -0.15) is 0 Å². The molecule has 0 radical (unpaired) electrons. The number of likely N-dealkylation sites (N-methyl/N-ethyl adjacent to an activating group) is 1. The number of carboxylic acids is 1. The smallest absolute Gasteiger partial charge is 0.306 e. The highest BCUT2D eigenvalue weighted by molar-refractivity contribution is 6.30. The minimum Gasteiger partial charge on any atom is -0.507 e. The van der Waals surface area contributed by atoms with Crippen molar-refractivity contribution in [3.05, 3.63) is 57.6 Å². The Morgan fingerprint density at radius 3 is 2.17 bits per heavy atom. The first-order chi connectivity index (χ1) is 16.8. The van der Waals surface area contributed by atoms with Crippen molar-refractivity contribution in [2.24, 2.45) is 0 Å². The third-order valence-electron chi connectivity index (χ3n) is 7.17. The van der Waals surface area contributed by atoms with Gasteiger partial charge in [-0.05, 0) is 58.5 Å². The lowest BCUT2D eigenvalue weighted by Gasteiger charge is -2.38. The Morgan fingerprint density at radius 2 is 1.61 bits per heavy atom. The van der Waals surface area contributed by atoms with Crippen LogP contribution in [-0.2, 0) is 16.0 Å². The molecular weight excluding hydrogens is 466 g/mol. The van der Waals surface area contributed by atoms with Gasteiger partial charge in [0.2, 0.25) is 0 Å². The Balaban J connectivity index is 1.69. The molecule has 4 rings (SSSR count). The molecule has 9 nitrogen and oxygen atoms in total. The lowest BCUT2D eigenvalue weighted by molar-refractivity contribution is -0.141. The van der Waals surface area contributed by atoms with Crippen LogP contribution in [0.1, 0.15) is 82.2 Å². The lowest BCUT2D eigenvalue weighted by Crippen LogP contribution is -2.43. The molecule has 2 aliphatic rings. The van der Waals surface area contributed by atoms with Crippen LogP contribution in [0.2, 0.25) is 0 Å². The van der Waals surface area contributed by atoms with Crippen molar-refractivity contribution in [1.82, 2.24) is 4.90 Å². The quantitative estimate of drug-likeness (QED) is 0.404. The Bertz CT molecular complexity index is 1250. The Labute approximate surface area is 208 Å². The summed E-state index contributed by atoms with van der Waals surface area (Å²) >= 11 is 0. The first-order valence-corrected chi connectivity index (χ1v) is 11.9. The number of ketones is 2. The van der Waals surface area contributed by atoms with Gasteiger partial charge in [0.25, 0.3) is 0 Å². The topological polar surface area (TPSA) is 145 Å². The molecule has 192 valence electrons. The van der Waals surface area contributed by atoms with Crippen LogP contribution in [0.25, 0.3) is 0 Å². The fourth-order valence-electron chi connectivity index (χ4n) is 5.43. The molecule has 0 bridgehead atoms. The van der Waals surface area contributed by atoms with E-state index in [2.05, 4.69) is 4.90 Å². The van der Waals surface area contributed by atoms with Crippen molar-refractivity contribution in [2.45, 2.75) is 63.4 Å². The number of aliphatic carboxylic acids is 1. The number of aromatic hydroxyl groups is 2. The second-order valence-electron chi connectivity index (χ2n) is 10.3. The summed E-state index contributed by atoms with van der Waals surface area (Å²) in [5, 5.41) is 41.4. The molecular formula is C27H31NO8. The number of hydrogen-bond acceptors (Lipinski definition) is 8. The minimum absolute atomic E-state index is 0.0338. The number of nitrogens with zero attached hydrogens (tertiary/aromatic N) is 1. The molecule has 0 spiro atoms. The predicted octanol–water partition coefficient (Wildman–Crippen LogP) is 2.81. The monoisotopic (exact) mass is 497 g/mol. The van der Waals surface area contributed by atoms with Crippen LogP contribution >= 0.6 is 0 Å². The number of phenols is 2. The summed E-state index contributed by atoms with van der Waals surface area (Å²) in [4.78, 5) is 39.9. The molecule has 1 aliphatic heterocycles. The highest BCUT2D eigenvalue weighted by atomic mass is 16.5. The average Bonchev–Trinajstić information content (AvgIpc) is 2.77. The summed E-state index contributed by atoms with van der Waals surface area (Å²) in [7, 11) is 3.97. The predicted molar refractivity (Wildman–Crippen MR) is 130 cm³/mol. The van der Waals surface area contributed by atoms with Gasteiger partial charge >= 0.3 is 5.97 Å². The molecule has 9 heteroatoms. The molecule has 1 fully saturated rings. The first-order valence-electron chi connectivity index (χ1n) is 11.9. The van der Waals surface area contributed by atoms with Crippen LogP contribution in [0.5, 0.6) is 11.5 Å². The second kappa shape index (κ2) is 9.31. The van der Waals surface area contributed by atoms with Crippen LogP contribution in [0.15, 0.2) is 24.3 Å². The van der Waals surface area contributed by atoms with Crippen LogP contribution in [0, 0.1) is 0 Å². The maximum absolute atomic E-state index is 13.4. The number of rotatable bonds is 6. The van der Waals surface area contributed by atoms with Crippen LogP contribution in [0.3, 0.4) is 0 Å². The van der Waals surface area contributed by atoms with Crippen molar-refractivity contribution in [3.63, 3.8) is 0 Å². The lowest BCUT2D eigenvalue weighted by atomic mass is 9.79. The fourth-order valence-corrected chi connectivity index (χ4v) is 5.43. The van der Waals surface area contributed by atoms with Crippen molar-refractivity contribution in [2.75, 3.05) is 14.1 Å². The van der Waals surface area contributed by atoms with E-state index >= 15 is 0 Å². The van der Waals surface area contributed by atoms with E-state index in [1.165, 1.54) is 25.1 Å². The molecule has 1 heterocycles. The van der Waals surface area contributed by atoms with Crippen LogP contribution in [0.4, 0.5) is 0 Å². The van der Waals surface area contributed by atoms with Gasteiger partial charge < -0.3 is 30.1 Å². The van der Waals surface area contributed by atoms with E-state index in [1.807, 2.05) is 21.0 Å². The van der Waals surface area contributed by atoms with Crippen molar-refractivity contribution < 1.29 is 39.5 Å². The summed E-state index contributed by atoms with van der Waals surface area (Å²) in [5.74, 6) is -3.23. The summed E-state index contributed by atoms with van der Waals surface area (Å²) < 4.78 is 6.15. The van der Waals surface area contributed by atoms with Gasteiger partial charge in [0, 0.05) is 29.2 Å². The van der Waals surface area contributed by atoms with E-state index in [9.17, 15) is 29.7 Å². The number of ether oxygens (including phenoxy) is 1. The maximum atomic E-state index is 13.4. The van der Waals surface area contributed by atoms with E-state index in [4.69, 9.17) is 9.84 Å². The van der Waals surface area contributed by atoms with Gasteiger partial charge in [0.1, 0.15) is 11.5 Å². The molecule has 0 aromatic heterocycles. The van der Waals surface area contributed by atoms with Gasteiger partial charge in [0.15, 0.2) is 11.6 Å². The van der Waals surface area contributed by atoms with E-state index in [0.717, 1.165) is 6.42 Å². The van der Waals surface area contributed by atoms with E-state index in [-0.39, 0.29) is 52.1 Å². The molecule has 4 N–H and O–H groups in total. The maximum Gasteiger partial charge on any atom is 0.306 e. The minimum atomic E-state index is -1.67. The third kappa shape index (κ3) is 4.50. The molecule has 2 aromatic carbocycles. The number of aliphatic hydroxyl groups is 1. The highest BCUT2D eigenvalue weighted by Crippen LogP contribution is 2.44. The number of carboxylic acid groups (broad SMARTS) is 1. The zero-order valence-electron chi connectivity index (χ0n) is 20.7. The van der Waals surface area contributed by atoms with E-state index in [1.54, 1.807) is 6.07 Å². The molecule has 0 amide bonds. The molecule has 36 heavy (non-hydrogen) atoms. The Morgan fingerprint density at radius 1 is 1.03 bits per heavy atom. The number of carbonyl (C=O) groups is 3. The molecule has 0 unspecified atom stereocenters. The molecule has 4 atom stereocenters. The Hall–Kier alpha value is -3.27. The fraction of sp³-hybridized carbons (Fsp3) is 0.444. The number of hydrogen-bond donors (Lipinski definition) is 4. The molecule has 1 saturated heterocycles. The molecule has 1 aliphatic carbocycles. The van der Waals surface area contributed by atoms with Crippen LogP contribution in [-0.4, -0.2) is 74.7 Å². The zero-order chi connectivity index (χ0) is 26.5. The summed E-state index contributed by atoms with van der Waals surface area (Å²) in [6.07, 6.45) is 0.153. The second-order valence-corrected chi connectivity index (χ2v) is 10.3. The van der Waals surface area contributed by atoms with Crippen molar-refractivity contribution in [3.8, 4) is 11.5 Å². The van der Waals surface area contributed by atoms with Gasteiger partial charge in [0.05, 0.1) is 35.4 Å². The normalized spacial score (nSPS) is 23.2. The summed E-state index contributed by atoms with van der Waals surface area (Å²) in [6.45, 7) is 3.28. The Kier molecular flexibility index (Phi) is 6.68. The SMILES string of the molecule is C[C@@H]1O[C@@H](c2ccc3c(c2O)C(=O)c2ccc(C[C@@](C)(O)CC(=O)O)c(O)c2C3=O)CC[C@@H]1N(C)C. The highest BCUT2D eigenvalue weighted by Gasteiger charge is 2.39. The van der Waals surface area contributed by atoms with Gasteiger partial charge in [-0.25, -0.2) is 0 Å². The molecule has 2 aromatic rings. The number of phenolic OH excluding ortho intramolecular Hbond substituents is 2. The molecule has 0 saturated carbocycles. The zero-order valence-corrected chi connectivity index (χ0v) is 20.7. The number of benzene rings is 2. The third-order valence-corrected chi connectivity index (χ3v) is 7.17. The van der Waals surface area contributed by atoms with E-state index < -0.39 is 41.4 Å². The number of carbonyl (C=O) groups excluding carboxylic acids is 2. The summed E-state index contributed by atoms with van der Waals surface area (Å²) in [5.41, 5.74) is -1.54. The van der Waals surface area contributed by atoms with Crippen molar-refractivity contribution >= 4 is 17.5 Å². The van der Waals surface area contributed by atoms with Gasteiger partial charge in [-0.15, -0.1) is 0 Å². The van der Waals surface area contributed by atoms with Crippen LogP contribution < -0.4 is 0 Å².